The lowest BCUT2D eigenvalue weighted by atomic mass is 10.2. The molecule has 0 aliphatic heterocycles. The van der Waals surface area contributed by atoms with E-state index in [2.05, 4.69) is 20.8 Å². The number of amides is 2. The molecule has 8 heteroatoms. The van der Waals surface area contributed by atoms with Crippen LogP contribution >= 0.6 is 0 Å². The van der Waals surface area contributed by atoms with Crippen molar-refractivity contribution in [3.63, 3.8) is 0 Å². The van der Waals surface area contributed by atoms with Crippen LogP contribution in [0.25, 0.3) is 0 Å². The Balaban J connectivity index is 1.56. The molecule has 2 amide bonds. The first-order valence-corrected chi connectivity index (χ1v) is 8.29. The van der Waals surface area contributed by atoms with Crippen LogP contribution in [0, 0.1) is 6.92 Å². The second-order valence-electron chi connectivity index (χ2n) is 5.94. The number of nitrogens with zero attached hydrogens (tertiary/aromatic N) is 3. The minimum atomic E-state index is -0.733. The average Bonchev–Trinajstić information content (AvgIpc) is 3.34. The first-order valence-electron chi connectivity index (χ1n) is 8.29. The van der Waals surface area contributed by atoms with Crippen molar-refractivity contribution in [1.29, 1.82) is 0 Å². The van der Waals surface area contributed by atoms with Crippen LogP contribution in [0.1, 0.15) is 37.2 Å². The topological polar surface area (TPSA) is 98.1 Å². The fourth-order valence-corrected chi connectivity index (χ4v) is 2.47. The van der Waals surface area contributed by atoms with Crippen LogP contribution in [0.2, 0.25) is 0 Å². The molecule has 0 bridgehead atoms. The molecule has 132 valence electrons. The van der Waals surface area contributed by atoms with E-state index in [4.69, 9.17) is 4.74 Å². The largest absolute Gasteiger partial charge is 0.494 e. The fourth-order valence-electron chi connectivity index (χ4n) is 2.47. The number of nitrogens with one attached hydrogen (secondary N) is 2. The van der Waals surface area contributed by atoms with Gasteiger partial charge in [0, 0.05) is 17.8 Å². The third-order valence-corrected chi connectivity index (χ3v) is 3.95. The highest BCUT2D eigenvalue weighted by Gasteiger charge is 2.26. The Bertz CT molecular complexity index is 782. The van der Waals surface area contributed by atoms with Gasteiger partial charge in [0.15, 0.2) is 5.82 Å². The van der Waals surface area contributed by atoms with Gasteiger partial charge < -0.3 is 19.9 Å². The minimum Gasteiger partial charge on any atom is -0.494 e. The summed E-state index contributed by atoms with van der Waals surface area (Å²) in [5.41, 5.74) is 1.47. The number of anilines is 1. The summed E-state index contributed by atoms with van der Waals surface area (Å²) in [6, 6.07) is 5.68. The molecule has 2 N–H and O–H groups in total. The maximum Gasteiger partial charge on any atom is 0.313 e. The van der Waals surface area contributed by atoms with Crippen LogP contribution in [-0.4, -0.2) is 33.2 Å². The van der Waals surface area contributed by atoms with Crippen molar-refractivity contribution >= 4 is 17.5 Å². The first kappa shape index (κ1) is 16.9. The summed E-state index contributed by atoms with van der Waals surface area (Å²) in [5.74, 6) is -0.122. The third kappa shape index (κ3) is 4.14. The third-order valence-electron chi connectivity index (χ3n) is 3.95. The van der Waals surface area contributed by atoms with Crippen LogP contribution in [0.5, 0.6) is 5.75 Å². The Kier molecular flexibility index (Phi) is 4.97. The highest BCUT2D eigenvalue weighted by atomic mass is 16.5. The molecule has 1 saturated carbocycles. The lowest BCUT2D eigenvalue weighted by molar-refractivity contribution is -0.136. The summed E-state index contributed by atoms with van der Waals surface area (Å²) in [7, 11) is 0. The zero-order valence-electron chi connectivity index (χ0n) is 14.3. The molecule has 1 aliphatic carbocycles. The van der Waals surface area contributed by atoms with E-state index in [9.17, 15) is 9.59 Å². The van der Waals surface area contributed by atoms with E-state index in [1.807, 2.05) is 24.5 Å². The first-order chi connectivity index (χ1) is 12.1. The van der Waals surface area contributed by atoms with Gasteiger partial charge in [-0.15, -0.1) is 10.2 Å². The Hall–Kier alpha value is -2.90. The summed E-state index contributed by atoms with van der Waals surface area (Å²) in [4.78, 5) is 24.1. The van der Waals surface area contributed by atoms with Crippen molar-refractivity contribution in [3.8, 4) is 5.75 Å². The van der Waals surface area contributed by atoms with Gasteiger partial charge in [-0.25, -0.2) is 0 Å². The van der Waals surface area contributed by atoms with Gasteiger partial charge in [-0.3, -0.25) is 9.59 Å². The lowest BCUT2D eigenvalue weighted by Gasteiger charge is -2.11. The lowest BCUT2D eigenvalue weighted by Crippen LogP contribution is -2.35. The molecule has 1 aromatic heterocycles. The summed E-state index contributed by atoms with van der Waals surface area (Å²) < 4.78 is 7.42. The number of benzene rings is 1. The number of hydrogen-bond acceptors (Lipinski definition) is 5. The van der Waals surface area contributed by atoms with Gasteiger partial charge in [-0.1, -0.05) is 6.07 Å². The zero-order valence-corrected chi connectivity index (χ0v) is 14.3. The van der Waals surface area contributed by atoms with E-state index in [0.29, 0.717) is 29.9 Å². The smallest absolute Gasteiger partial charge is 0.313 e. The normalized spacial score (nSPS) is 13.4. The molecular formula is C17H21N5O3. The predicted octanol–water partition coefficient (Wildman–Crippen LogP) is 1.58. The van der Waals surface area contributed by atoms with E-state index in [0.717, 1.165) is 18.4 Å². The summed E-state index contributed by atoms with van der Waals surface area (Å²) >= 11 is 0. The maximum absolute atomic E-state index is 12.1. The number of rotatable bonds is 6. The second-order valence-corrected chi connectivity index (χ2v) is 5.94. The second kappa shape index (κ2) is 7.33. The molecular weight excluding hydrogens is 322 g/mol. The molecule has 1 fully saturated rings. The Morgan fingerprint density at radius 2 is 2.12 bits per heavy atom. The fraction of sp³-hybridized carbons (Fsp3) is 0.412. The molecule has 8 nitrogen and oxygen atoms in total. The molecule has 0 spiro atoms. The van der Waals surface area contributed by atoms with Crippen molar-refractivity contribution in [2.75, 3.05) is 11.9 Å². The molecule has 1 aliphatic rings. The van der Waals surface area contributed by atoms with Gasteiger partial charge in [0.1, 0.15) is 12.1 Å². The Morgan fingerprint density at radius 1 is 1.32 bits per heavy atom. The molecule has 1 aromatic carbocycles. The summed E-state index contributed by atoms with van der Waals surface area (Å²) in [5, 5.41) is 13.0. The number of hydrogen-bond donors (Lipinski definition) is 2. The molecule has 1 heterocycles. The van der Waals surface area contributed by atoms with Crippen LogP contribution in [0.4, 0.5) is 5.69 Å². The van der Waals surface area contributed by atoms with Crippen molar-refractivity contribution in [1.82, 2.24) is 20.1 Å². The Morgan fingerprint density at radius 3 is 2.84 bits per heavy atom. The molecule has 3 rings (SSSR count). The average molecular weight is 343 g/mol. The summed E-state index contributed by atoms with van der Waals surface area (Å²) in [6.07, 6.45) is 3.84. The SMILES string of the molecule is CCOc1cc(NC(=O)C(=O)NCc2nncn2C2CC2)ccc1C. The van der Waals surface area contributed by atoms with Crippen LogP contribution in [-0.2, 0) is 16.1 Å². The van der Waals surface area contributed by atoms with E-state index in [1.165, 1.54) is 0 Å². The number of aryl methyl sites for hydroxylation is 1. The van der Waals surface area contributed by atoms with Crippen LogP contribution in [0.3, 0.4) is 0 Å². The van der Waals surface area contributed by atoms with Crippen LogP contribution < -0.4 is 15.4 Å². The highest BCUT2D eigenvalue weighted by molar-refractivity contribution is 6.39. The van der Waals surface area contributed by atoms with Gasteiger partial charge in [0.2, 0.25) is 0 Å². The number of carbonyl (C=O) groups is 2. The van der Waals surface area contributed by atoms with Crippen molar-refractivity contribution in [2.45, 2.75) is 39.3 Å². The quantitative estimate of drug-likeness (QED) is 0.776. The minimum absolute atomic E-state index is 0.168. The van der Waals surface area contributed by atoms with E-state index in [1.54, 1.807) is 18.5 Å². The standard InChI is InChI=1S/C17H21N5O3/c1-3-25-14-8-12(5-4-11(14)2)20-17(24)16(23)18-9-15-21-19-10-22(15)13-6-7-13/h4-5,8,10,13H,3,6-7,9H2,1-2H3,(H,18,23)(H,20,24). The number of carbonyl (C=O) groups excluding carboxylic acids is 2. The predicted molar refractivity (Wildman–Crippen MR) is 91.1 cm³/mol. The van der Waals surface area contributed by atoms with Crippen LogP contribution in [0.15, 0.2) is 24.5 Å². The molecule has 0 saturated heterocycles. The molecule has 0 radical (unpaired) electrons. The molecule has 25 heavy (non-hydrogen) atoms. The van der Waals surface area contributed by atoms with Gasteiger partial charge in [-0.2, -0.15) is 0 Å². The van der Waals surface area contributed by atoms with Gasteiger partial charge in [0.05, 0.1) is 13.2 Å². The van der Waals surface area contributed by atoms with Crippen molar-refractivity contribution in [3.05, 3.63) is 35.9 Å². The summed E-state index contributed by atoms with van der Waals surface area (Å²) in [6.45, 7) is 4.50. The molecule has 0 unspecified atom stereocenters. The van der Waals surface area contributed by atoms with E-state index in [-0.39, 0.29) is 6.54 Å². The van der Waals surface area contributed by atoms with Crippen molar-refractivity contribution in [2.24, 2.45) is 0 Å². The number of ether oxygens (including phenoxy) is 1. The van der Waals surface area contributed by atoms with Gasteiger partial charge >= 0.3 is 11.8 Å². The molecule has 0 atom stereocenters. The van der Waals surface area contributed by atoms with E-state index < -0.39 is 11.8 Å². The van der Waals surface area contributed by atoms with Gasteiger partial charge in [-0.05, 0) is 38.3 Å². The maximum atomic E-state index is 12.1. The van der Waals surface area contributed by atoms with Crippen molar-refractivity contribution < 1.29 is 14.3 Å². The van der Waals surface area contributed by atoms with Gasteiger partial charge in [0.25, 0.3) is 0 Å². The number of aromatic nitrogens is 3. The monoisotopic (exact) mass is 343 g/mol. The zero-order chi connectivity index (χ0) is 17.8. The molecule has 2 aromatic rings. The highest BCUT2D eigenvalue weighted by Crippen LogP contribution is 2.35. The van der Waals surface area contributed by atoms with E-state index >= 15 is 0 Å². The Labute approximate surface area is 145 Å².